The van der Waals surface area contributed by atoms with Gasteiger partial charge in [-0.2, -0.15) is 0 Å². The van der Waals surface area contributed by atoms with Crippen molar-refractivity contribution in [1.29, 1.82) is 0 Å². The van der Waals surface area contributed by atoms with Crippen LogP contribution in [-0.2, 0) is 4.79 Å². The maximum atomic E-state index is 11.8. The zero-order valence-corrected chi connectivity index (χ0v) is 9.21. The van der Waals surface area contributed by atoms with Gasteiger partial charge in [-0.3, -0.25) is 14.6 Å². The van der Waals surface area contributed by atoms with Crippen LogP contribution in [0.15, 0.2) is 30.0 Å². The average Bonchev–Trinajstić information content (AvgIpc) is 2.18. The molecule has 0 aliphatic rings. The van der Waals surface area contributed by atoms with Crippen LogP contribution in [0.2, 0.25) is 5.02 Å². The number of carbonyl (C=O) groups is 2. The molecule has 0 bridgehead atoms. The fourth-order valence-corrected chi connectivity index (χ4v) is 1.38. The van der Waals surface area contributed by atoms with Crippen molar-refractivity contribution >= 4 is 23.2 Å². The summed E-state index contributed by atoms with van der Waals surface area (Å²) in [6, 6.07) is 3.19. The van der Waals surface area contributed by atoms with Gasteiger partial charge in [-0.15, -0.1) is 0 Å². The lowest BCUT2D eigenvalue weighted by atomic mass is 10.0. The zero-order chi connectivity index (χ0) is 11.4. The van der Waals surface area contributed by atoms with Crippen LogP contribution in [-0.4, -0.2) is 16.6 Å². The first-order chi connectivity index (χ1) is 7.07. The van der Waals surface area contributed by atoms with Gasteiger partial charge in [-0.05, 0) is 26.0 Å². The summed E-state index contributed by atoms with van der Waals surface area (Å²) in [6.45, 7) is 2.97. The van der Waals surface area contributed by atoms with Crippen molar-refractivity contribution in [1.82, 2.24) is 4.98 Å². The summed E-state index contributed by atoms with van der Waals surface area (Å²) in [5, 5.41) is 0.253. The molecule has 0 spiro atoms. The number of halogens is 1. The Bertz CT molecular complexity index is 438. The molecule has 0 aliphatic heterocycles. The molecule has 4 heteroatoms. The van der Waals surface area contributed by atoms with Crippen molar-refractivity contribution in [2.24, 2.45) is 0 Å². The molecule has 0 aliphatic carbocycles. The van der Waals surface area contributed by atoms with Crippen molar-refractivity contribution in [2.75, 3.05) is 0 Å². The van der Waals surface area contributed by atoms with Crippen molar-refractivity contribution in [3.63, 3.8) is 0 Å². The number of nitrogens with zero attached hydrogens (tertiary/aromatic N) is 1. The maximum Gasteiger partial charge on any atom is 0.216 e. The van der Waals surface area contributed by atoms with Crippen LogP contribution in [0, 0.1) is 0 Å². The van der Waals surface area contributed by atoms with Gasteiger partial charge < -0.3 is 0 Å². The fourth-order valence-electron chi connectivity index (χ4n) is 1.17. The smallest absolute Gasteiger partial charge is 0.216 e. The van der Waals surface area contributed by atoms with Crippen LogP contribution in [0.25, 0.3) is 0 Å². The molecule has 0 saturated carbocycles. The molecule has 0 unspecified atom stereocenters. The molecule has 0 N–H and O–H groups in total. The summed E-state index contributed by atoms with van der Waals surface area (Å²) in [6.07, 6.45) is 2.93. The summed E-state index contributed by atoms with van der Waals surface area (Å²) < 4.78 is 0. The van der Waals surface area contributed by atoms with Gasteiger partial charge in [0, 0.05) is 6.20 Å². The van der Waals surface area contributed by atoms with E-state index in [2.05, 4.69) is 4.98 Å². The van der Waals surface area contributed by atoms with Gasteiger partial charge in [0.25, 0.3) is 0 Å². The molecule has 1 aromatic heterocycles. The molecule has 78 valence electrons. The van der Waals surface area contributed by atoms with Crippen LogP contribution in [0.4, 0.5) is 0 Å². The van der Waals surface area contributed by atoms with E-state index in [9.17, 15) is 9.59 Å². The van der Waals surface area contributed by atoms with Crippen LogP contribution in [0.3, 0.4) is 0 Å². The first-order valence-corrected chi connectivity index (χ1v) is 4.78. The minimum absolute atomic E-state index is 0.107. The standard InChI is InChI=1S/C11H10ClNO2/c1-3-8(7(2)14)11(15)10-9(12)5-4-6-13-10/h3-6H,1-2H3/b8-3+. The van der Waals surface area contributed by atoms with Crippen LogP contribution in [0.5, 0.6) is 0 Å². The van der Waals surface area contributed by atoms with E-state index in [0.717, 1.165) is 0 Å². The molecule has 0 atom stereocenters. The number of allylic oxidation sites excluding steroid dienone is 2. The van der Waals surface area contributed by atoms with Gasteiger partial charge >= 0.3 is 0 Å². The molecular weight excluding hydrogens is 214 g/mol. The predicted molar refractivity (Wildman–Crippen MR) is 58.0 cm³/mol. The fraction of sp³-hybridized carbons (Fsp3) is 0.182. The molecule has 1 heterocycles. The van der Waals surface area contributed by atoms with Gasteiger partial charge in [0.1, 0.15) is 5.69 Å². The second-order valence-electron chi connectivity index (χ2n) is 2.92. The quantitative estimate of drug-likeness (QED) is 0.342. The van der Waals surface area contributed by atoms with Gasteiger partial charge in [-0.25, -0.2) is 0 Å². The lowest BCUT2D eigenvalue weighted by molar-refractivity contribution is -0.113. The molecule has 3 nitrogen and oxygen atoms in total. The van der Waals surface area contributed by atoms with E-state index in [1.807, 2.05) is 0 Å². The van der Waals surface area contributed by atoms with E-state index >= 15 is 0 Å². The number of hydrogen-bond acceptors (Lipinski definition) is 3. The number of hydrogen-bond donors (Lipinski definition) is 0. The van der Waals surface area contributed by atoms with Crippen LogP contribution >= 0.6 is 11.6 Å². The molecule has 0 saturated heterocycles. The highest BCUT2D eigenvalue weighted by Gasteiger charge is 2.18. The third kappa shape index (κ3) is 2.50. The minimum Gasteiger partial charge on any atom is -0.294 e. The van der Waals surface area contributed by atoms with Crippen molar-refractivity contribution < 1.29 is 9.59 Å². The van der Waals surface area contributed by atoms with Gasteiger partial charge in [0.2, 0.25) is 5.78 Å². The van der Waals surface area contributed by atoms with Gasteiger partial charge in [0.15, 0.2) is 5.78 Å². The SMILES string of the molecule is C/C=C(\C(C)=O)C(=O)c1ncccc1Cl. The predicted octanol–water partition coefficient (Wildman–Crippen LogP) is 2.45. The monoisotopic (exact) mass is 223 g/mol. The van der Waals surface area contributed by atoms with E-state index in [4.69, 9.17) is 11.6 Å². The van der Waals surface area contributed by atoms with Crippen LogP contribution in [0.1, 0.15) is 24.3 Å². The third-order valence-corrected chi connectivity index (χ3v) is 2.19. The molecule has 0 aromatic carbocycles. The lowest BCUT2D eigenvalue weighted by Crippen LogP contribution is -2.12. The Morgan fingerprint density at radius 1 is 1.47 bits per heavy atom. The molecule has 0 amide bonds. The molecule has 0 radical (unpaired) electrons. The highest BCUT2D eigenvalue weighted by atomic mass is 35.5. The second kappa shape index (κ2) is 4.84. The minimum atomic E-state index is -0.435. The van der Waals surface area contributed by atoms with Crippen molar-refractivity contribution in [3.05, 3.63) is 40.7 Å². The maximum absolute atomic E-state index is 11.8. The van der Waals surface area contributed by atoms with Gasteiger partial charge in [0.05, 0.1) is 10.6 Å². The normalized spacial score (nSPS) is 11.3. The van der Waals surface area contributed by atoms with Crippen molar-refractivity contribution in [3.8, 4) is 0 Å². The first-order valence-electron chi connectivity index (χ1n) is 4.40. The van der Waals surface area contributed by atoms with E-state index in [1.54, 1.807) is 19.1 Å². The average molecular weight is 224 g/mol. The summed E-state index contributed by atoms with van der Waals surface area (Å²) in [5.74, 6) is -0.722. The molecule has 1 rings (SSSR count). The van der Waals surface area contributed by atoms with E-state index in [0.29, 0.717) is 0 Å². The number of rotatable bonds is 3. The summed E-state index contributed by atoms with van der Waals surface area (Å²) in [7, 11) is 0. The Labute approximate surface area is 92.8 Å². The second-order valence-corrected chi connectivity index (χ2v) is 3.33. The number of aromatic nitrogens is 1. The number of pyridine rings is 1. The van der Waals surface area contributed by atoms with Gasteiger partial charge in [-0.1, -0.05) is 17.7 Å². The zero-order valence-electron chi connectivity index (χ0n) is 8.45. The number of Topliss-reactive ketones (excluding diaryl/α,β-unsaturated/α-hetero) is 2. The number of carbonyl (C=O) groups excluding carboxylic acids is 2. The largest absolute Gasteiger partial charge is 0.294 e. The Hall–Kier alpha value is -1.48. The Morgan fingerprint density at radius 2 is 2.13 bits per heavy atom. The first kappa shape index (κ1) is 11.6. The Kier molecular flexibility index (Phi) is 3.74. The highest BCUT2D eigenvalue weighted by molar-refractivity contribution is 6.36. The molecule has 1 aromatic rings. The molecule has 15 heavy (non-hydrogen) atoms. The summed E-state index contributed by atoms with van der Waals surface area (Å²) in [5.41, 5.74) is 0.220. The third-order valence-electron chi connectivity index (χ3n) is 1.89. The summed E-state index contributed by atoms with van der Waals surface area (Å²) >= 11 is 5.80. The van der Waals surface area contributed by atoms with Crippen LogP contribution < -0.4 is 0 Å². The topological polar surface area (TPSA) is 47.0 Å². The van der Waals surface area contributed by atoms with E-state index < -0.39 is 5.78 Å². The Morgan fingerprint density at radius 3 is 2.60 bits per heavy atom. The highest BCUT2D eigenvalue weighted by Crippen LogP contribution is 2.16. The Balaban J connectivity index is 3.16. The molecular formula is C11H10ClNO2. The van der Waals surface area contributed by atoms with Crippen molar-refractivity contribution in [2.45, 2.75) is 13.8 Å². The molecule has 0 fully saturated rings. The van der Waals surface area contributed by atoms with E-state index in [1.165, 1.54) is 19.2 Å². The summed E-state index contributed by atoms with van der Waals surface area (Å²) in [4.78, 5) is 26.8. The lowest BCUT2D eigenvalue weighted by Gasteiger charge is -2.02. The number of ketones is 2. The van der Waals surface area contributed by atoms with E-state index in [-0.39, 0.29) is 22.1 Å².